The normalized spacial score (nSPS) is 11.0. The van der Waals surface area contributed by atoms with Crippen molar-refractivity contribution < 1.29 is 23.8 Å². The fraction of sp³-hybridized carbons (Fsp3) is 0.133. The highest BCUT2D eigenvalue weighted by Gasteiger charge is 2.56. The van der Waals surface area contributed by atoms with Gasteiger partial charge in [0, 0.05) is 0 Å². The molecule has 0 heterocycles. The lowest BCUT2D eigenvalue weighted by Gasteiger charge is -2.13. The molecule has 2 N–H and O–H groups in total. The lowest BCUT2D eigenvalue weighted by atomic mass is 10.2. The summed E-state index contributed by atoms with van der Waals surface area (Å²) in [5.74, 6) is 0.483. The Bertz CT molecular complexity index is 574. The smallest absolute Gasteiger partial charge is 0.444 e. The number of hydrogen-bond acceptors (Lipinski definition) is 4. The number of carboxylic acid groups (broad SMARTS) is 1. The van der Waals surface area contributed by atoms with Gasteiger partial charge < -0.3 is 5.11 Å². The molecule has 0 bridgehead atoms. The van der Waals surface area contributed by atoms with E-state index in [0.29, 0.717) is 0 Å². The number of rotatable bonds is 5. The summed E-state index contributed by atoms with van der Waals surface area (Å²) in [5, 5.41) is 9.21. The molecule has 0 saturated carbocycles. The van der Waals surface area contributed by atoms with E-state index in [-0.39, 0.29) is 11.5 Å². The number of carbonyl (C=O) groups is 1. The van der Waals surface area contributed by atoms with Crippen LogP contribution < -0.4 is 9.05 Å². The van der Waals surface area contributed by atoms with Gasteiger partial charge in [0.2, 0.25) is 0 Å². The lowest BCUT2D eigenvalue weighted by molar-refractivity contribution is 0.205. The minimum atomic E-state index is -4.10. The van der Waals surface area contributed by atoms with E-state index in [1.807, 2.05) is 13.8 Å². The average molecular weight is 307 g/mol. The van der Waals surface area contributed by atoms with Crippen LogP contribution in [0, 0.1) is 13.8 Å². The highest BCUT2D eigenvalue weighted by molar-refractivity contribution is 7.77. The standard InChI is InChI=1S/C15H15O5P/c1-11-3-7-13(8-4-11)19-21(18,15(16)17)20-14-9-5-12(2)6-10-14/h3-10,18H,1-2H3/p+1. The lowest BCUT2D eigenvalue weighted by Crippen LogP contribution is -2.16. The average Bonchev–Trinajstić information content (AvgIpc) is 2.44. The van der Waals surface area contributed by atoms with E-state index in [1.54, 1.807) is 48.5 Å². The second kappa shape index (κ2) is 6.12. The Morgan fingerprint density at radius 2 is 1.19 bits per heavy atom. The third-order valence-electron chi connectivity index (χ3n) is 2.74. The van der Waals surface area contributed by atoms with E-state index in [0.717, 1.165) is 11.1 Å². The van der Waals surface area contributed by atoms with Crippen molar-refractivity contribution in [1.29, 1.82) is 0 Å². The molecule has 2 rings (SSSR count). The molecule has 6 heteroatoms. The zero-order valence-corrected chi connectivity index (χ0v) is 12.6. The molecule has 0 saturated heterocycles. The van der Waals surface area contributed by atoms with Gasteiger partial charge in [-0.3, -0.25) is 9.05 Å². The third kappa shape index (κ3) is 3.94. The zero-order valence-electron chi connectivity index (χ0n) is 11.7. The fourth-order valence-electron chi connectivity index (χ4n) is 1.58. The van der Waals surface area contributed by atoms with E-state index in [9.17, 15) is 14.8 Å². The van der Waals surface area contributed by atoms with Gasteiger partial charge in [-0.25, -0.2) is 0 Å². The molecule has 0 aliphatic heterocycles. The summed E-state index contributed by atoms with van der Waals surface area (Å²) in [6.07, 6.45) is 0. The summed E-state index contributed by atoms with van der Waals surface area (Å²) in [6, 6.07) is 13.4. The molecule has 0 aromatic heterocycles. The summed E-state index contributed by atoms with van der Waals surface area (Å²) in [6.45, 7) is 3.79. The van der Waals surface area contributed by atoms with E-state index in [1.165, 1.54) is 0 Å². The van der Waals surface area contributed by atoms with Crippen LogP contribution in [0.15, 0.2) is 48.5 Å². The minimum absolute atomic E-state index is 0.242. The van der Waals surface area contributed by atoms with Gasteiger partial charge in [0.25, 0.3) is 0 Å². The van der Waals surface area contributed by atoms with Crippen LogP contribution in [0.3, 0.4) is 0 Å². The first-order chi connectivity index (χ1) is 9.89. The van der Waals surface area contributed by atoms with E-state index in [4.69, 9.17) is 9.05 Å². The van der Waals surface area contributed by atoms with Crippen molar-refractivity contribution in [2.45, 2.75) is 13.8 Å². The topological polar surface area (TPSA) is 76.0 Å². The van der Waals surface area contributed by atoms with Crippen LogP contribution in [-0.4, -0.2) is 15.7 Å². The number of benzene rings is 2. The number of aryl methyl sites for hydroxylation is 2. The first kappa shape index (κ1) is 15.3. The van der Waals surface area contributed by atoms with Crippen molar-refractivity contribution >= 4 is 13.7 Å². The monoisotopic (exact) mass is 307 g/mol. The Kier molecular flexibility index (Phi) is 4.46. The molecule has 0 aliphatic carbocycles. The van der Waals surface area contributed by atoms with Gasteiger partial charge in [0.05, 0.1) is 0 Å². The van der Waals surface area contributed by atoms with Crippen LogP contribution in [0.25, 0.3) is 0 Å². The van der Waals surface area contributed by atoms with Gasteiger partial charge in [-0.1, -0.05) is 35.4 Å². The molecule has 0 fully saturated rings. The first-order valence-electron chi connectivity index (χ1n) is 6.27. The van der Waals surface area contributed by atoms with Crippen LogP contribution >= 0.6 is 7.94 Å². The van der Waals surface area contributed by atoms with Crippen LogP contribution in [0.2, 0.25) is 0 Å². The molecule has 21 heavy (non-hydrogen) atoms. The van der Waals surface area contributed by atoms with Crippen LogP contribution in [0.5, 0.6) is 11.5 Å². The van der Waals surface area contributed by atoms with Crippen molar-refractivity contribution in [1.82, 2.24) is 0 Å². The van der Waals surface area contributed by atoms with E-state index in [2.05, 4.69) is 0 Å². The molecule has 2 aromatic rings. The highest BCUT2D eigenvalue weighted by atomic mass is 31.2. The summed E-state index contributed by atoms with van der Waals surface area (Å²) < 4.78 is 10.4. The highest BCUT2D eigenvalue weighted by Crippen LogP contribution is 2.56. The number of hydrogen-bond donors (Lipinski definition) is 2. The SMILES string of the molecule is Cc1ccc(O[P+](O)(Oc2ccc(C)cc2)C(=O)O)cc1. The van der Waals surface area contributed by atoms with Crippen molar-refractivity contribution in [2.75, 3.05) is 0 Å². The van der Waals surface area contributed by atoms with Gasteiger partial charge in [-0.05, 0) is 38.1 Å². The Hall–Kier alpha value is -2.10. The van der Waals surface area contributed by atoms with Crippen molar-refractivity contribution in [2.24, 2.45) is 0 Å². The van der Waals surface area contributed by atoms with Crippen molar-refractivity contribution in [3.63, 3.8) is 0 Å². The van der Waals surface area contributed by atoms with Crippen LogP contribution in [0.4, 0.5) is 4.79 Å². The molecule has 110 valence electrons. The molecule has 5 nitrogen and oxygen atoms in total. The molecule has 0 unspecified atom stereocenters. The first-order valence-corrected chi connectivity index (χ1v) is 7.84. The predicted octanol–water partition coefficient (Wildman–Crippen LogP) is 4.19. The van der Waals surface area contributed by atoms with Gasteiger partial charge in [0.1, 0.15) is 0 Å². The van der Waals surface area contributed by atoms with Gasteiger partial charge in [-0.2, -0.15) is 9.69 Å². The maximum Gasteiger partial charge on any atom is 0.618 e. The molecule has 0 amide bonds. The Balaban J connectivity index is 2.21. The Labute approximate surface area is 123 Å². The quantitative estimate of drug-likeness (QED) is 0.810. The predicted molar refractivity (Wildman–Crippen MR) is 80.8 cm³/mol. The van der Waals surface area contributed by atoms with Crippen LogP contribution in [0.1, 0.15) is 11.1 Å². The summed E-state index contributed by atoms with van der Waals surface area (Å²) in [4.78, 5) is 21.5. The van der Waals surface area contributed by atoms with Crippen molar-refractivity contribution in [3.8, 4) is 11.5 Å². The second-order valence-corrected chi connectivity index (χ2v) is 6.40. The van der Waals surface area contributed by atoms with Crippen molar-refractivity contribution in [3.05, 3.63) is 59.7 Å². The van der Waals surface area contributed by atoms with E-state index < -0.39 is 13.7 Å². The van der Waals surface area contributed by atoms with E-state index >= 15 is 0 Å². The Morgan fingerprint density at radius 1 is 0.857 bits per heavy atom. The summed E-state index contributed by atoms with van der Waals surface area (Å²) in [5.41, 5.74) is 0.474. The summed E-state index contributed by atoms with van der Waals surface area (Å²) >= 11 is 0. The molecular formula is C15H16O5P+. The second-order valence-electron chi connectivity index (χ2n) is 4.61. The third-order valence-corrected chi connectivity index (χ3v) is 4.14. The minimum Gasteiger partial charge on any atom is -0.444 e. The molecular weight excluding hydrogens is 291 g/mol. The molecule has 0 aliphatic rings. The van der Waals surface area contributed by atoms with Crippen LogP contribution in [-0.2, 0) is 0 Å². The molecule has 2 aromatic carbocycles. The molecule has 0 spiro atoms. The fourth-order valence-corrected chi connectivity index (χ4v) is 2.59. The van der Waals surface area contributed by atoms with Gasteiger partial charge in [-0.15, -0.1) is 0 Å². The zero-order chi connectivity index (χ0) is 15.5. The molecule has 0 atom stereocenters. The van der Waals surface area contributed by atoms with Gasteiger partial charge in [0.15, 0.2) is 11.5 Å². The summed E-state index contributed by atoms with van der Waals surface area (Å²) in [7, 11) is -4.10. The van der Waals surface area contributed by atoms with Gasteiger partial charge >= 0.3 is 13.7 Å². The Morgan fingerprint density at radius 3 is 1.48 bits per heavy atom. The largest absolute Gasteiger partial charge is 0.618 e. The molecule has 0 radical (unpaired) electrons. The maximum atomic E-state index is 11.3. The maximum absolute atomic E-state index is 11.3.